The molecule has 0 bridgehead atoms. The molecular formula is C12H14N2O2. The lowest BCUT2D eigenvalue weighted by molar-refractivity contribution is 0.340. The minimum Gasteiger partial charge on any atom is -0.494 e. The van der Waals surface area contributed by atoms with Crippen LogP contribution in [0.2, 0.25) is 0 Å². The van der Waals surface area contributed by atoms with Gasteiger partial charge in [0.25, 0.3) is 0 Å². The Balaban J connectivity index is 2.44. The smallest absolute Gasteiger partial charge is 0.323 e. The van der Waals surface area contributed by atoms with Gasteiger partial charge in [0, 0.05) is 11.3 Å². The monoisotopic (exact) mass is 218 g/mol. The first-order chi connectivity index (χ1) is 7.70. The highest BCUT2D eigenvalue weighted by atomic mass is 16.5. The Morgan fingerprint density at radius 2 is 2.12 bits per heavy atom. The van der Waals surface area contributed by atoms with E-state index in [2.05, 4.69) is 9.97 Å². The standard InChI is InChI=1S/C12H14N2O2/c1-3-16-10-6-4-5-9(7-10)11-8(2)13-12(15)14-11/h4-7H,3H2,1-2H3,(H2,13,14,15). The van der Waals surface area contributed by atoms with E-state index in [1.165, 1.54) is 0 Å². The van der Waals surface area contributed by atoms with E-state index in [1.54, 1.807) is 0 Å². The molecule has 16 heavy (non-hydrogen) atoms. The summed E-state index contributed by atoms with van der Waals surface area (Å²) in [7, 11) is 0. The first kappa shape index (κ1) is 10.5. The molecule has 84 valence electrons. The maximum atomic E-state index is 11.2. The highest BCUT2D eigenvalue weighted by Crippen LogP contribution is 2.23. The summed E-state index contributed by atoms with van der Waals surface area (Å²) in [5.41, 5.74) is 2.40. The Morgan fingerprint density at radius 3 is 2.75 bits per heavy atom. The zero-order valence-corrected chi connectivity index (χ0v) is 9.33. The lowest BCUT2D eigenvalue weighted by atomic mass is 10.1. The molecule has 4 heteroatoms. The number of aryl methyl sites for hydroxylation is 1. The summed E-state index contributed by atoms with van der Waals surface area (Å²) in [6.45, 7) is 4.43. The average Bonchev–Trinajstić information content (AvgIpc) is 2.59. The van der Waals surface area contributed by atoms with E-state index in [1.807, 2.05) is 38.1 Å². The Bertz CT molecular complexity index is 540. The van der Waals surface area contributed by atoms with Crippen LogP contribution in [0.5, 0.6) is 5.75 Å². The van der Waals surface area contributed by atoms with Gasteiger partial charge in [-0.2, -0.15) is 0 Å². The van der Waals surface area contributed by atoms with E-state index in [0.29, 0.717) is 6.61 Å². The molecule has 0 aliphatic heterocycles. The number of rotatable bonds is 3. The fraction of sp³-hybridized carbons (Fsp3) is 0.250. The van der Waals surface area contributed by atoms with Crippen molar-refractivity contribution in [2.45, 2.75) is 13.8 Å². The fourth-order valence-electron chi connectivity index (χ4n) is 1.67. The zero-order chi connectivity index (χ0) is 11.5. The van der Waals surface area contributed by atoms with Crippen molar-refractivity contribution in [3.05, 3.63) is 40.4 Å². The van der Waals surface area contributed by atoms with Gasteiger partial charge in [-0.15, -0.1) is 0 Å². The van der Waals surface area contributed by atoms with Crippen molar-refractivity contribution in [1.82, 2.24) is 9.97 Å². The summed E-state index contributed by atoms with van der Waals surface area (Å²) in [6.07, 6.45) is 0. The lowest BCUT2D eigenvalue weighted by Gasteiger charge is -2.05. The van der Waals surface area contributed by atoms with Crippen LogP contribution in [0.15, 0.2) is 29.1 Å². The SMILES string of the molecule is CCOc1cccc(-c2[nH]c(=O)[nH]c2C)c1. The summed E-state index contributed by atoms with van der Waals surface area (Å²) in [5.74, 6) is 0.807. The molecule has 4 nitrogen and oxygen atoms in total. The molecule has 0 fully saturated rings. The first-order valence-corrected chi connectivity index (χ1v) is 5.23. The Hall–Kier alpha value is -1.97. The molecule has 0 spiro atoms. The van der Waals surface area contributed by atoms with Crippen molar-refractivity contribution in [2.75, 3.05) is 6.61 Å². The van der Waals surface area contributed by atoms with E-state index in [-0.39, 0.29) is 5.69 Å². The predicted octanol–water partition coefficient (Wildman–Crippen LogP) is 2.08. The number of ether oxygens (including phenoxy) is 1. The molecule has 1 heterocycles. The van der Waals surface area contributed by atoms with Gasteiger partial charge in [-0.3, -0.25) is 0 Å². The molecule has 2 aromatic rings. The van der Waals surface area contributed by atoms with Gasteiger partial charge in [0.05, 0.1) is 12.3 Å². The first-order valence-electron chi connectivity index (χ1n) is 5.23. The Labute approximate surface area is 93.3 Å². The zero-order valence-electron chi connectivity index (χ0n) is 9.33. The van der Waals surface area contributed by atoms with E-state index >= 15 is 0 Å². The second-order valence-electron chi connectivity index (χ2n) is 3.54. The van der Waals surface area contributed by atoms with E-state index < -0.39 is 0 Å². The molecule has 0 unspecified atom stereocenters. The maximum absolute atomic E-state index is 11.2. The number of aromatic nitrogens is 2. The molecule has 0 aliphatic rings. The third kappa shape index (κ3) is 2.00. The summed E-state index contributed by atoms with van der Waals surface area (Å²) in [5, 5.41) is 0. The number of hydrogen-bond donors (Lipinski definition) is 2. The predicted molar refractivity (Wildman–Crippen MR) is 62.8 cm³/mol. The fourth-order valence-corrected chi connectivity index (χ4v) is 1.67. The van der Waals surface area contributed by atoms with Crippen molar-refractivity contribution in [1.29, 1.82) is 0 Å². The van der Waals surface area contributed by atoms with Crippen LogP contribution in [0.1, 0.15) is 12.6 Å². The van der Waals surface area contributed by atoms with Gasteiger partial charge in [0.1, 0.15) is 5.75 Å². The number of hydrogen-bond acceptors (Lipinski definition) is 2. The molecule has 2 rings (SSSR count). The molecule has 0 aliphatic carbocycles. The van der Waals surface area contributed by atoms with Crippen LogP contribution in [0.4, 0.5) is 0 Å². The topological polar surface area (TPSA) is 57.9 Å². The van der Waals surface area contributed by atoms with E-state index in [0.717, 1.165) is 22.7 Å². The van der Waals surface area contributed by atoms with Gasteiger partial charge in [0.15, 0.2) is 0 Å². The van der Waals surface area contributed by atoms with Crippen LogP contribution in [0.25, 0.3) is 11.3 Å². The van der Waals surface area contributed by atoms with Crippen LogP contribution in [-0.4, -0.2) is 16.6 Å². The molecule has 0 radical (unpaired) electrons. The quantitative estimate of drug-likeness (QED) is 0.828. The number of aromatic amines is 2. The second-order valence-corrected chi connectivity index (χ2v) is 3.54. The third-order valence-electron chi connectivity index (χ3n) is 2.35. The summed E-state index contributed by atoms with van der Waals surface area (Å²) in [6, 6.07) is 7.66. The summed E-state index contributed by atoms with van der Waals surface area (Å²) in [4.78, 5) is 16.6. The molecule has 0 amide bonds. The number of imidazole rings is 1. The third-order valence-corrected chi connectivity index (χ3v) is 2.35. The van der Waals surface area contributed by atoms with Gasteiger partial charge < -0.3 is 14.7 Å². The van der Waals surface area contributed by atoms with E-state index in [9.17, 15) is 4.79 Å². The normalized spacial score (nSPS) is 10.4. The van der Waals surface area contributed by atoms with Crippen molar-refractivity contribution < 1.29 is 4.74 Å². The second kappa shape index (κ2) is 4.26. The van der Waals surface area contributed by atoms with E-state index in [4.69, 9.17) is 4.74 Å². The molecule has 0 atom stereocenters. The van der Waals surface area contributed by atoms with Gasteiger partial charge in [-0.05, 0) is 26.0 Å². The summed E-state index contributed by atoms with van der Waals surface area (Å²) >= 11 is 0. The maximum Gasteiger partial charge on any atom is 0.323 e. The van der Waals surface area contributed by atoms with Crippen molar-refractivity contribution in [2.24, 2.45) is 0 Å². The molecule has 0 saturated carbocycles. The molecule has 0 saturated heterocycles. The van der Waals surface area contributed by atoms with Gasteiger partial charge in [-0.25, -0.2) is 4.79 Å². The largest absolute Gasteiger partial charge is 0.494 e. The number of nitrogens with one attached hydrogen (secondary N) is 2. The average molecular weight is 218 g/mol. The molecule has 1 aromatic carbocycles. The molecule has 1 aromatic heterocycles. The molecular weight excluding hydrogens is 204 g/mol. The van der Waals surface area contributed by atoms with Gasteiger partial charge >= 0.3 is 5.69 Å². The number of benzene rings is 1. The highest BCUT2D eigenvalue weighted by Gasteiger charge is 2.06. The van der Waals surface area contributed by atoms with Crippen molar-refractivity contribution in [3.8, 4) is 17.0 Å². The van der Waals surface area contributed by atoms with Crippen LogP contribution >= 0.6 is 0 Å². The Morgan fingerprint density at radius 1 is 1.31 bits per heavy atom. The minimum atomic E-state index is -0.186. The molecule has 2 N–H and O–H groups in total. The van der Waals surface area contributed by atoms with Crippen molar-refractivity contribution >= 4 is 0 Å². The van der Waals surface area contributed by atoms with Crippen LogP contribution in [0, 0.1) is 6.92 Å². The van der Waals surface area contributed by atoms with Crippen molar-refractivity contribution in [3.63, 3.8) is 0 Å². The summed E-state index contributed by atoms with van der Waals surface area (Å²) < 4.78 is 5.41. The van der Waals surface area contributed by atoms with Crippen LogP contribution in [0.3, 0.4) is 0 Å². The van der Waals surface area contributed by atoms with Gasteiger partial charge in [0.2, 0.25) is 0 Å². The van der Waals surface area contributed by atoms with Crippen LogP contribution < -0.4 is 10.4 Å². The number of H-pyrrole nitrogens is 2. The highest BCUT2D eigenvalue weighted by molar-refractivity contribution is 5.63. The minimum absolute atomic E-state index is 0.186. The van der Waals surface area contributed by atoms with Crippen LogP contribution in [-0.2, 0) is 0 Å². The Kier molecular flexibility index (Phi) is 2.81. The lowest BCUT2D eigenvalue weighted by Crippen LogP contribution is -2.00. The van der Waals surface area contributed by atoms with Gasteiger partial charge in [-0.1, -0.05) is 12.1 Å².